The Kier molecular flexibility index (Phi) is 3.63. The zero-order chi connectivity index (χ0) is 14.1. The molecule has 0 fully saturated rings. The number of thiophene rings is 1. The van der Waals surface area contributed by atoms with Gasteiger partial charge in [0, 0.05) is 10.9 Å². The van der Waals surface area contributed by atoms with Crippen LogP contribution in [-0.4, -0.2) is 16.7 Å². The normalized spacial score (nSPS) is 12.7. The fraction of sp³-hybridized carbons (Fsp3) is 0.267. The van der Waals surface area contributed by atoms with Crippen LogP contribution in [0.5, 0.6) is 5.75 Å². The first-order chi connectivity index (χ1) is 9.74. The molecule has 0 amide bonds. The van der Waals surface area contributed by atoms with Crippen molar-refractivity contribution in [3.63, 3.8) is 0 Å². The monoisotopic (exact) mass is 304 g/mol. The van der Waals surface area contributed by atoms with Crippen molar-refractivity contribution in [2.45, 2.75) is 19.4 Å². The molecule has 0 aliphatic carbocycles. The van der Waals surface area contributed by atoms with Crippen molar-refractivity contribution < 1.29 is 4.74 Å². The van der Waals surface area contributed by atoms with Crippen molar-refractivity contribution in [2.24, 2.45) is 0 Å². The maximum atomic E-state index is 5.52. The molecule has 20 heavy (non-hydrogen) atoms. The molecule has 1 N–H and O–H groups in total. The van der Waals surface area contributed by atoms with Gasteiger partial charge in [0.1, 0.15) is 5.75 Å². The predicted molar refractivity (Wildman–Crippen MR) is 86.4 cm³/mol. The van der Waals surface area contributed by atoms with Crippen LogP contribution in [0.4, 0.5) is 0 Å². The Labute approximate surface area is 126 Å². The van der Waals surface area contributed by atoms with Gasteiger partial charge in [-0.3, -0.25) is 0 Å². The van der Waals surface area contributed by atoms with E-state index < -0.39 is 0 Å². The molecule has 3 nitrogen and oxygen atoms in total. The van der Waals surface area contributed by atoms with Crippen LogP contribution in [-0.2, 0) is 0 Å². The minimum atomic E-state index is 0.282. The van der Waals surface area contributed by atoms with Gasteiger partial charge < -0.3 is 14.3 Å². The topological polar surface area (TPSA) is 29.9 Å². The van der Waals surface area contributed by atoms with E-state index in [0.29, 0.717) is 0 Å². The average Bonchev–Trinajstić information content (AvgIpc) is 3.08. The number of aromatic amines is 1. The molecule has 104 valence electrons. The molecular formula is C15H16N2OS2. The molecule has 0 spiro atoms. The van der Waals surface area contributed by atoms with Gasteiger partial charge in [-0.2, -0.15) is 0 Å². The van der Waals surface area contributed by atoms with Gasteiger partial charge in [-0.15, -0.1) is 11.3 Å². The predicted octanol–water partition coefficient (Wildman–Crippen LogP) is 4.77. The maximum absolute atomic E-state index is 5.52. The smallest absolute Gasteiger partial charge is 0.178 e. The highest BCUT2D eigenvalue weighted by Gasteiger charge is 2.17. The first-order valence-electron chi connectivity index (χ1n) is 6.56. The number of rotatable bonds is 4. The van der Waals surface area contributed by atoms with Crippen LogP contribution in [0.1, 0.15) is 24.3 Å². The molecule has 3 aromatic rings. The number of nitrogens with zero attached hydrogens (tertiary/aromatic N) is 1. The number of methoxy groups -OCH3 is 1. The molecule has 0 aliphatic heterocycles. The fourth-order valence-corrected chi connectivity index (χ4v) is 3.77. The third kappa shape index (κ3) is 2.17. The standard InChI is InChI=1S/C15H16N2OS2/c1-3-12(14-5-4-8-20-14)17-13-7-6-10(18-2)9-11(13)16-15(17)19/h4-9,12H,3H2,1-2H3,(H,16,19). The largest absolute Gasteiger partial charge is 0.497 e. The number of benzene rings is 1. The summed E-state index contributed by atoms with van der Waals surface area (Å²) in [6.07, 6.45) is 1.01. The van der Waals surface area contributed by atoms with Gasteiger partial charge in [-0.05, 0) is 42.2 Å². The van der Waals surface area contributed by atoms with E-state index in [2.05, 4.69) is 40.1 Å². The van der Waals surface area contributed by atoms with E-state index in [0.717, 1.165) is 28.0 Å². The molecule has 0 saturated carbocycles. The van der Waals surface area contributed by atoms with Gasteiger partial charge in [0.25, 0.3) is 0 Å². The lowest BCUT2D eigenvalue weighted by atomic mass is 10.1. The summed E-state index contributed by atoms with van der Waals surface area (Å²) < 4.78 is 8.23. The van der Waals surface area contributed by atoms with Crippen LogP contribution < -0.4 is 4.74 Å². The number of nitrogens with one attached hydrogen (secondary N) is 1. The quantitative estimate of drug-likeness (QED) is 0.704. The van der Waals surface area contributed by atoms with Crippen LogP contribution in [0, 0.1) is 4.77 Å². The highest BCUT2D eigenvalue weighted by molar-refractivity contribution is 7.71. The summed E-state index contributed by atoms with van der Waals surface area (Å²) in [6, 6.07) is 10.6. The molecular weight excluding hydrogens is 288 g/mol. The van der Waals surface area contributed by atoms with Crippen molar-refractivity contribution in [3.05, 3.63) is 45.4 Å². The molecule has 1 aromatic carbocycles. The molecule has 1 unspecified atom stereocenters. The van der Waals surface area contributed by atoms with Crippen molar-refractivity contribution in [3.8, 4) is 5.75 Å². The molecule has 1 atom stereocenters. The number of H-pyrrole nitrogens is 1. The first kappa shape index (κ1) is 13.4. The second-order valence-corrected chi connectivity index (χ2v) is 5.99. The summed E-state index contributed by atoms with van der Waals surface area (Å²) in [5, 5.41) is 2.11. The Bertz CT molecular complexity index is 771. The maximum Gasteiger partial charge on any atom is 0.178 e. The van der Waals surface area contributed by atoms with E-state index in [1.54, 1.807) is 18.4 Å². The van der Waals surface area contributed by atoms with Gasteiger partial charge in [-0.25, -0.2) is 0 Å². The van der Waals surface area contributed by atoms with Gasteiger partial charge in [0.2, 0.25) is 0 Å². The molecule has 0 radical (unpaired) electrons. The number of ether oxygens (including phenoxy) is 1. The minimum Gasteiger partial charge on any atom is -0.497 e. The lowest BCUT2D eigenvalue weighted by Gasteiger charge is -2.16. The molecule has 2 aromatic heterocycles. The average molecular weight is 304 g/mol. The van der Waals surface area contributed by atoms with Crippen molar-refractivity contribution in [2.75, 3.05) is 7.11 Å². The van der Waals surface area contributed by atoms with E-state index in [4.69, 9.17) is 17.0 Å². The summed E-state index contributed by atoms with van der Waals surface area (Å²) in [4.78, 5) is 4.61. The van der Waals surface area contributed by atoms with Gasteiger partial charge in [0.15, 0.2) is 4.77 Å². The van der Waals surface area contributed by atoms with Crippen LogP contribution in [0.15, 0.2) is 35.7 Å². The number of hydrogen-bond acceptors (Lipinski definition) is 3. The third-order valence-corrected chi connectivity index (χ3v) is 4.77. The van der Waals surface area contributed by atoms with Crippen LogP contribution >= 0.6 is 23.6 Å². The highest BCUT2D eigenvalue weighted by Crippen LogP contribution is 2.31. The van der Waals surface area contributed by atoms with Crippen LogP contribution in [0.2, 0.25) is 0 Å². The molecule has 3 rings (SSSR count). The summed E-state index contributed by atoms with van der Waals surface area (Å²) in [5.74, 6) is 0.838. The zero-order valence-corrected chi connectivity index (χ0v) is 13.1. The Morgan fingerprint density at radius 1 is 1.40 bits per heavy atom. The third-order valence-electron chi connectivity index (χ3n) is 3.49. The molecule has 5 heteroatoms. The van der Waals surface area contributed by atoms with Gasteiger partial charge >= 0.3 is 0 Å². The van der Waals surface area contributed by atoms with E-state index in [-0.39, 0.29) is 6.04 Å². The lowest BCUT2D eigenvalue weighted by Crippen LogP contribution is -2.08. The van der Waals surface area contributed by atoms with E-state index in [1.165, 1.54) is 4.88 Å². The van der Waals surface area contributed by atoms with E-state index in [1.807, 2.05) is 12.1 Å². The fourth-order valence-electron chi connectivity index (χ4n) is 2.54. The molecule has 2 heterocycles. The Morgan fingerprint density at radius 3 is 2.90 bits per heavy atom. The molecule has 0 bridgehead atoms. The minimum absolute atomic E-state index is 0.282. The first-order valence-corrected chi connectivity index (χ1v) is 7.85. The van der Waals surface area contributed by atoms with Crippen molar-refractivity contribution in [1.82, 2.24) is 9.55 Å². The molecule has 0 aliphatic rings. The number of hydrogen-bond donors (Lipinski definition) is 1. The number of imidazole rings is 1. The summed E-state index contributed by atoms with van der Waals surface area (Å²) in [5.41, 5.74) is 2.14. The van der Waals surface area contributed by atoms with Crippen molar-refractivity contribution >= 4 is 34.6 Å². The molecule has 0 saturated heterocycles. The second-order valence-electron chi connectivity index (χ2n) is 4.62. The number of aromatic nitrogens is 2. The Balaban J connectivity index is 2.20. The Hall–Kier alpha value is -1.59. The second kappa shape index (κ2) is 5.42. The highest BCUT2D eigenvalue weighted by atomic mass is 32.1. The summed E-state index contributed by atoms with van der Waals surface area (Å²) in [7, 11) is 1.67. The zero-order valence-electron chi connectivity index (χ0n) is 11.4. The SMILES string of the molecule is CCC(c1cccs1)n1c(=S)[nH]c2cc(OC)ccc21. The van der Waals surface area contributed by atoms with E-state index in [9.17, 15) is 0 Å². The summed E-state index contributed by atoms with van der Waals surface area (Å²) >= 11 is 7.29. The Morgan fingerprint density at radius 2 is 2.25 bits per heavy atom. The lowest BCUT2D eigenvalue weighted by molar-refractivity contribution is 0.415. The van der Waals surface area contributed by atoms with Gasteiger partial charge in [0.05, 0.1) is 24.2 Å². The van der Waals surface area contributed by atoms with Crippen LogP contribution in [0.25, 0.3) is 11.0 Å². The van der Waals surface area contributed by atoms with Crippen molar-refractivity contribution in [1.29, 1.82) is 0 Å². The van der Waals surface area contributed by atoms with Crippen LogP contribution in [0.3, 0.4) is 0 Å². The summed E-state index contributed by atoms with van der Waals surface area (Å²) in [6.45, 7) is 2.19. The van der Waals surface area contributed by atoms with E-state index >= 15 is 0 Å². The number of fused-ring (bicyclic) bond motifs is 1. The van der Waals surface area contributed by atoms with Gasteiger partial charge in [-0.1, -0.05) is 13.0 Å².